The highest BCUT2D eigenvalue weighted by Crippen LogP contribution is 2.42. The Hall–Kier alpha value is -5.20. The van der Waals surface area contributed by atoms with Crippen molar-refractivity contribution in [2.24, 2.45) is 17.9 Å². The van der Waals surface area contributed by atoms with Crippen LogP contribution >= 0.6 is 23.5 Å². The highest BCUT2D eigenvalue weighted by atomic mass is 32.2. The van der Waals surface area contributed by atoms with Crippen molar-refractivity contribution in [2.45, 2.75) is 29.0 Å². The number of nitrogens with zero attached hydrogens (tertiary/aromatic N) is 7. The van der Waals surface area contributed by atoms with Crippen LogP contribution in [0.5, 0.6) is 5.75 Å². The van der Waals surface area contributed by atoms with Gasteiger partial charge >= 0.3 is 12.0 Å². The molecule has 3 aromatic rings. The number of primary amides is 1. The normalized spacial score (nSPS) is 17.8. The molecular formula is C26H30N12O9S3. The largest absolute Gasteiger partial charge is 0.508 e. The van der Waals surface area contributed by atoms with Gasteiger partial charge in [-0.1, -0.05) is 23.9 Å². The zero-order valence-corrected chi connectivity index (χ0v) is 28.4. The number of amides is 4. The number of sulfonamides is 1. The monoisotopic (exact) mass is 750 g/mol. The number of nitrogens with two attached hydrogens (primary N) is 2. The number of carboxylic acids is 1. The Labute approximate surface area is 290 Å². The van der Waals surface area contributed by atoms with Gasteiger partial charge in [0.1, 0.15) is 34.6 Å². The van der Waals surface area contributed by atoms with Crippen molar-refractivity contribution in [1.29, 1.82) is 0 Å². The highest BCUT2D eigenvalue weighted by molar-refractivity contribution is 8.01. The minimum absolute atomic E-state index is 0.0700. The van der Waals surface area contributed by atoms with Crippen molar-refractivity contribution >= 4 is 69.0 Å². The van der Waals surface area contributed by atoms with Gasteiger partial charge in [-0.25, -0.2) is 32.8 Å². The molecule has 2 aromatic heterocycles. The van der Waals surface area contributed by atoms with Crippen molar-refractivity contribution in [2.75, 3.05) is 34.0 Å². The van der Waals surface area contributed by atoms with Crippen LogP contribution in [0.4, 0.5) is 16.4 Å². The Balaban J connectivity index is 1.38. The van der Waals surface area contributed by atoms with E-state index in [0.29, 0.717) is 15.6 Å². The van der Waals surface area contributed by atoms with E-state index < -0.39 is 62.5 Å². The first-order valence-electron chi connectivity index (χ1n) is 14.4. The van der Waals surface area contributed by atoms with Gasteiger partial charge in [-0.3, -0.25) is 29.2 Å². The number of H-pyrrole nitrogens is 1. The van der Waals surface area contributed by atoms with Gasteiger partial charge < -0.3 is 26.6 Å². The van der Waals surface area contributed by atoms with Crippen molar-refractivity contribution in [1.82, 2.24) is 40.4 Å². The molecule has 9 N–H and O–H groups in total. The third-order valence-corrected chi connectivity index (χ3v) is 10.7. The van der Waals surface area contributed by atoms with Crippen LogP contribution in [0.1, 0.15) is 18.0 Å². The maximum atomic E-state index is 14.0. The average Bonchev–Trinajstić information content (AvgIpc) is 3.47. The van der Waals surface area contributed by atoms with E-state index in [1.807, 2.05) is 0 Å². The summed E-state index contributed by atoms with van der Waals surface area (Å²) in [6.45, 7) is 0.0700. The van der Waals surface area contributed by atoms with Gasteiger partial charge in [-0.05, 0) is 40.1 Å². The number of aromatic hydroxyl groups is 1. The molecule has 5 rings (SSSR count). The number of thioether (sulfide) groups is 2. The lowest BCUT2D eigenvalue weighted by atomic mass is 10.00. The quantitative estimate of drug-likeness (QED) is 0.0545. The predicted octanol–water partition coefficient (Wildman–Crippen LogP) is -1.75. The summed E-state index contributed by atoms with van der Waals surface area (Å²) < 4.78 is 23.7. The molecule has 4 heterocycles. The zero-order chi connectivity index (χ0) is 36.3. The number of carbonyl (C=O) groups excluding carboxylic acids is 3. The fourth-order valence-corrected chi connectivity index (χ4v) is 7.99. The number of aryl methyl sites for hydroxylation is 1. The molecule has 0 radical (unpaired) electrons. The van der Waals surface area contributed by atoms with Crippen LogP contribution < -0.4 is 32.0 Å². The second kappa shape index (κ2) is 14.7. The standard InChI is InChI=1S/C26H30N12O9S3/c1-36-26(33-34-35-36)49-11-13-10-48-22-16(21(42)38(22)18(13)23(43)44)31-20(41)17(12-3-5-14(39)6-4-12)37(24(27)45)15-9-30-25(32-19(15)40)29-7-2-8-50(28,46)47/h3-6,9,16-17,22,39H,2,7-8,10-11H2,1H3,(H2,27,45)(H,31,41)(H,43,44)(H2,28,46,47)(H2,29,30,32,40)/t16?,17?,22-/m0/s1. The van der Waals surface area contributed by atoms with E-state index in [9.17, 15) is 42.6 Å². The number of urea groups is 1. The molecule has 24 heteroatoms. The number of aliphatic carboxylic acids is 1. The van der Waals surface area contributed by atoms with Crippen LogP contribution in [0.15, 0.2) is 51.7 Å². The second-order valence-corrected chi connectivity index (χ2v) is 14.6. The van der Waals surface area contributed by atoms with Crippen LogP contribution in [0.25, 0.3) is 0 Å². The molecule has 3 atom stereocenters. The summed E-state index contributed by atoms with van der Waals surface area (Å²) >= 11 is 2.41. The number of nitrogens with one attached hydrogen (secondary N) is 3. The van der Waals surface area contributed by atoms with Gasteiger partial charge in [0.2, 0.25) is 27.0 Å². The maximum absolute atomic E-state index is 14.0. The number of phenols is 1. The molecule has 2 unspecified atom stereocenters. The maximum Gasteiger partial charge on any atom is 0.352 e. The molecule has 0 spiro atoms. The number of phenolic OH excluding ortho intramolecular Hbond substituents is 1. The molecule has 2 aliphatic heterocycles. The molecule has 2 aliphatic rings. The lowest BCUT2D eigenvalue weighted by Gasteiger charge is -2.49. The average molecular weight is 751 g/mol. The number of anilines is 2. The van der Waals surface area contributed by atoms with Gasteiger partial charge in [0, 0.05) is 25.1 Å². The molecule has 0 bridgehead atoms. The van der Waals surface area contributed by atoms with Crippen molar-refractivity contribution in [3.8, 4) is 5.75 Å². The van der Waals surface area contributed by atoms with E-state index in [1.165, 1.54) is 52.5 Å². The number of β-lactam (4-membered cyclic amide) rings is 1. The minimum atomic E-state index is -3.70. The molecule has 1 fully saturated rings. The number of carboxylic acid groups (broad SMARTS) is 1. The van der Waals surface area contributed by atoms with Crippen LogP contribution in [-0.2, 0) is 31.5 Å². The van der Waals surface area contributed by atoms with E-state index in [1.54, 1.807) is 7.05 Å². The SMILES string of the molecule is Cn1nnnc1SCC1=C(C(=O)O)N2C(=O)C(NC(=O)C(c3ccc(O)cc3)N(C(N)=O)c3cnc(NCCCS(N)(=O)=O)[nH]c3=O)[C@@H]2SC1. The first kappa shape index (κ1) is 36.1. The Morgan fingerprint density at radius 2 is 1.96 bits per heavy atom. The lowest BCUT2D eigenvalue weighted by Crippen LogP contribution is -2.71. The number of primary sulfonamides is 1. The summed E-state index contributed by atoms with van der Waals surface area (Å²) in [5.41, 5.74) is 4.65. The number of carbonyl (C=O) groups is 4. The molecule has 266 valence electrons. The van der Waals surface area contributed by atoms with Crippen molar-refractivity contribution in [3.63, 3.8) is 0 Å². The van der Waals surface area contributed by atoms with Crippen LogP contribution in [0.3, 0.4) is 0 Å². The Kier molecular flexibility index (Phi) is 10.6. The van der Waals surface area contributed by atoms with Crippen LogP contribution in [0, 0.1) is 0 Å². The van der Waals surface area contributed by atoms with E-state index >= 15 is 0 Å². The van der Waals surface area contributed by atoms with Gasteiger partial charge in [-0.15, -0.1) is 16.9 Å². The fourth-order valence-electron chi connectivity index (χ4n) is 5.11. The first-order chi connectivity index (χ1) is 23.7. The van der Waals surface area contributed by atoms with Crippen molar-refractivity contribution < 1.29 is 37.8 Å². The molecule has 21 nitrogen and oxygen atoms in total. The minimum Gasteiger partial charge on any atom is -0.508 e. The van der Waals surface area contributed by atoms with E-state index in [-0.39, 0.29) is 53.2 Å². The first-order valence-corrected chi connectivity index (χ1v) is 18.2. The second-order valence-electron chi connectivity index (χ2n) is 10.8. The smallest absolute Gasteiger partial charge is 0.352 e. The van der Waals surface area contributed by atoms with Crippen LogP contribution in [-0.4, -0.2) is 113 Å². The highest BCUT2D eigenvalue weighted by Gasteiger charge is 2.55. The Bertz CT molecular complexity index is 2020. The van der Waals surface area contributed by atoms with Crippen LogP contribution in [0.2, 0.25) is 0 Å². The third-order valence-electron chi connectivity index (χ3n) is 7.40. The Morgan fingerprint density at radius 1 is 1.24 bits per heavy atom. The topological polar surface area (TPSA) is 315 Å². The predicted molar refractivity (Wildman–Crippen MR) is 178 cm³/mol. The zero-order valence-electron chi connectivity index (χ0n) is 25.9. The molecular weight excluding hydrogens is 721 g/mol. The Morgan fingerprint density at radius 3 is 2.56 bits per heavy atom. The molecule has 50 heavy (non-hydrogen) atoms. The van der Waals surface area contributed by atoms with Gasteiger partial charge in [0.15, 0.2) is 0 Å². The number of hydrogen-bond donors (Lipinski definition) is 7. The summed E-state index contributed by atoms with van der Waals surface area (Å²) in [5, 5.41) is 41.0. The number of rotatable bonds is 14. The molecule has 1 saturated heterocycles. The number of benzene rings is 1. The summed E-state index contributed by atoms with van der Waals surface area (Å²) in [4.78, 5) is 74.0. The molecule has 0 aliphatic carbocycles. The van der Waals surface area contributed by atoms with E-state index in [0.717, 1.165) is 11.1 Å². The number of tetrazole rings is 1. The molecule has 0 saturated carbocycles. The number of fused-ring (bicyclic) bond motifs is 1. The van der Waals surface area contributed by atoms with Gasteiger partial charge in [0.25, 0.3) is 11.5 Å². The number of aromatic amines is 1. The summed E-state index contributed by atoms with van der Waals surface area (Å²) in [7, 11) is -2.08. The third kappa shape index (κ3) is 7.82. The summed E-state index contributed by atoms with van der Waals surface area (Å²) in [6.07, 6.45) is 1.07. The number of hydrogen-bond acceptors (Lipinski definition) is 15. The fraction of sp³-hybridized carbons (Fsp3) is 0.346. The van der Waals surface area contributed by atoms with Crippen molar-refractivity contribution in [3.05, 3.63) is 57.6 Å². The summed E-state index contributed by atoms with van der Waals surface area (Å²) in [6, 6.07) is 0.966. The van der Waals surface area contributed by atoms with E-state index in [4.69, 9.17) is 10.9 Å². The van der Waals surface area contributed by atoms with E-state index in [2.05, 4.69) is 36.1 Å². The lowest BCUT2D eigenvalue weighted by molar-refractivity contribution is -0.150. The number of aromatic nitrogens is 6. The van der Waals surface area contributed by atoms with Gasteiger partial charge in [-0.2, -0.15) is 0 Å². The molecule has 4 amide bonds. The molecule has 1 aromatic carbocycles. The van der Waals surface area contributed by atoms with Gasteiger partial charge in [0.05, 0.1) is 11.9 Å². The summed E-state index contributed by atoms with van der Waals surface area (Å²) in [5.74, 6) is -3.19.